The molecule has 0 aliphatic carbocycles. The fraction of sp³-hybridized carbons (Fsp3) is 0.667. The molecule has 1 rings (SSSR count). The maximum absolute atomic E-state index is 12.1. The Morgan fingerprint density at radius 2 is 2.05 bits per heavy atom. The molecule has 0 saturated carbocycles. The molecule has 108 valence electrons. The first-order valence-electron chi connectivity index (χ1n) is 5.46. The molecule has 0 aromatic carbocycles. The van der Waals surface area contributed by atoms with Crippen LogP contribution in [-0.4, -0.2) is 45.5 Å². The maximum atomic E-state index is 12.1. The zero-order chi connectivity index (χ0) is 14.5. The number of hydrogen-bond acceptors (Lipinski definition) is 7. The van der Waals surface area contributed by atoms with E-state index in [1.165, 1.54) is 0 Å². The van der Waals surface area contributed by atoms with Crippen LogP contribution < -0.4 is 15.8 Å². The molecule has 10 heteroatoms. The Balaban J connectivity index is 2.65. The van der Waals surface area contributed by atoms with E-state index in [0.29, 0.717) is 13.0 Å². The molecule has 7 nitrogen and oxygen atoms in total. The van der Waals surface area contributed by atoms with Gasteiger partial charge in [0.1, 0.15) is 0 Å². The second kappa shape index (κ2) is 6.36. The van der Waals surface area contributed by atoms with Crippen molar-refractivity contribution in [2.75, 3.05) is 24.2 Å². The van der Waals surface area contributed by atoms with E-state index in [9.17, 15) is 13.2 Å². The van der Waals surface area contributed by atoms with Crippen LogP contribution in [0.5, 0.6) is 6.01 Å². The first kappa shape index (κ1) is 15.2. The summed E-state index contributed by atoms with van der Waals surface area (Å²) in [6, 6.07) is -0.0849. The summed E-state index contributed by atoms with van der Waals surface area (Å²) in [5.41, 5.74) is 5.36. The molecule has 0 aliphatic heterocycles. The summed E-state index contributed by atoms with van der Waals surface area (Å²) in [5, 5.41) is 11.0. The molecule has 19 heavy (non-hydrogen) atoms. The van der Waals surface area contributed by atoms with Gasteiger partial charge < -0.3 is 20.9 Å². The Kier molecular flexibility index (Phi) is 5.10. The lowest BCUT2D eigenvalue weighted by Crippen LogP contribution is -2.35. The lowest BCUT2D eigenvalue weighted by Gasteiger charge is -2.15. The van der Waals surface area contributed by atoms with Gasteiger partial charge >= 0.3 is 12.2 Å². The summed E-state index contributed by atoms with van der Waals surface area (Å²) in [6.45, 7) is 1.41. The van der Waals surface area contributed by atoms with E-state index in [1.807, 2.05) is 6.92 Å². The van der Waals surface area contributed by atoms with E-state index < -0.39 is 18.8 Å². The number of anilines is 2. The topological polar surface area (TPSA) is 106 Å². The molecule has 1 aromatic rings. The normalized spacial score (nSPS) is 13.1. The van der Waals surface area contributed by atoms with Gasteiger partial charge in [-0.05, 0) is 6.42 Å². The average Bonchev–Trinajstić information content (AvgIpc) is 2.31. The lowest BCUT2D eigenvalue weighted by atomic mass is 10.3. The van der Waals surface area contributed by atoms with E-state index in [0.717, 1.165) is 0 Å². The molecule has 0 radical (unpaired) electrons. The summed E-state index contributed by atoms with van der Waals surface area (Å²) in [7, 11) is 0. The van der Waals surface area contributed by atoms with E-state index in [2.05, 4.69) is 20.3 Å². The molecule has 0 bridgehead atoms. The molecule has 1 atom stereocenters. The van der Waals surface area contributed by atoms with Crippen molar-refractivity contribution in [3.8, 4) is 6.01 Å². The van der Waals surface area contributed by atoms with Crippen molar-refractivity contribution < 1.29 is 23.0 Å². The van der Waals surface area contributed by atoms with Crippen molar-refractivity contribution in [2.24, 2.45) is 0 Å². The first-order valence-corrected chi connectivity index (χ1v) is 5.46. The molecule has 1 heterocycles. The highest BCUT2D eigenvalue weighted by atomic mass is 19.4. The number of alkyl halides is 3. The number of aromatic nitrogens is 3. The van der Waals surface area contributed by atoms with Gasteiger partial charge in [-0.3, -0.25) is 0 Å². The Morgan fingerprint density at radius 3 is 2.63 bits per heavy atom. The summed E-state index contributed by atoms with van der Waals surface area (Å²) in [4.78, 5) is 10.9. The minimum atomic E-state index is -4.72. The second-order valence-corrected chi connectivity index (χ2v) is 3.59. The molecule has 4 N–H and O–H groups in total. The van der Waals surface area contributed by atoms with Crippen LogP contribution in [0.3, 0.4) is 0 Å². The third-order valence-electron chi connectivity index (χ3n) is 1.90. The molecule has 0 aliphatic rings. The minimum Gasteiger partial charge on any atom is -0.463 e. The minimum absolute atomic E-state index is 0.0849. The smallest absolute Gasteiger partial charge is 0.416 e. The van der Waals surface area contributed by atoms with Gasteiger partial charge in [-0.2, -0.15) is 28.1 Å². The number of nitrogens with zero attached hydrogens (tertiary/aromatic N) is 3. The van der Waals surface area contributed by atoms with E-state index in [4.69, 9.17) is 15.6 Å². The summed E-state index contributed by atoms with van der Waals surface area (Å²) in [5.74, 6) is -0.382. The summed E-state index contributed by atoms with van der Waals surface area (Å²) >= 11 is 0. The Labute approximate surface area is 107 Å². The highest BCUT2D eigenvalue weighted by molar-refractivity contribution is 5.32. The number of ether oxygens (including phenoxy) is 1. The quantitative estimate of drug-likeness (QED) is 0.700. The van der Waals surface area contributed by atoms with Crippen LogP contribution in [0.4, 0.5) is 25.1 Å². The molecule has 0 spiro atoms. The fourth-order valence-corrected chi connectivity index (χ4v) is 1.01. The van der Waals surface area contributed by atoms with Gasteiger partial charge in [-0.15, -0.1) is 0 Å². The first-order chi connectivity index (χ1) is 8.82. The predicted molar refractivity (Wildman–Crippen MR) is 60.6 cm³/mol. The Bertz CT molecular complexity index is 415. The third kappa shape index (κ3) is 5.12. The van der Waals surface area contributed by atoms with Gasteiger partial charge in [0.15, 0.2) is 6.10 Å². The second-order valence-electron chi connectivity index (χ2n) is 3.59. The van der Waals surface area contributed by atoms with Crippen LogP contribution in [0.25, 0.3) is 0 Å². The number of aliphatic hydroxyl groups excluding tert-OH is 1. The van der Waals surface area contributed by atoms with Crippen LogP contribution >= 0.6 is 0 Å². The third-order valence-corrected chi connectivity index (χ3v) is 1.90. The van der Waals surface area contributed by atoms with Gasteiger partial charge in [0.25, 0.3) is 0 Å². The highest BCUT2D eigenvalue weighted by Crippen LogP contribution is 2.20. The van der Waals surface area contributed by atoms with Gasteiger partial charge in [0, 0.05) is 0 Å². The molecule has 0 fully saturated rings. The van der Waals surface area contributed by atoms with Crippen LogP contribution in [0.15, 0.2) is 0 Å². The molecular weight excluding hydrogens is 267 g/mol. The number of aliphatic hydroxyl groups is 1. The highest BCUT2D eigenvalue weighted by Gasteiger charge is 2.38. The van der Waals surface area contributed by atoms with Gasteiger partial charge in [-0.1, -0.05) is 6.92 Å². The number of nitrogen functional groups attached to an aromatic ring is 1. The standard InChI is InChI=1S/C9H14F3N5O2/c1-2-3-19-8-16-6(13)15-7(17-8)14-4-5(18)9(10,11)12/h5,18H,2-4H2,1H3,(H3,13,14,15,16,17). The van der Waals surface area contributed by atoms with Gasteiger partial charge in [0.05, 0.1) is 13.2 Å². The van der Waals surface area contributed by atoms with Crippen LogP contribution in [-0.2, 0) is 0 Å². The van der Waals surface area contributed by atoms with Crippen molar-refractivity contribution >= 4 is 11.9 Å². The molecule has 0 saturated heterocycles. The van der Waals surface area contributed by atoms with Gasteiger partial charge in [0.2, 0.25) is 11.9 Å². The number of halogens is 3. The molecular formula is C9H14F3N5O2. The number of hydrogen-bond donors (Lipinski definition) is 3. The van der Waals surface area contributed by atoms with E-state index in [-0.39, 0.29) is 17.9 Å². The molecule has 1 aromatic heterocycles. The molecule has 1 unspecified atom stereocenters. The number of nitrogens with one attached hydrogen (secondary N) is 1. The van der Waals surface area contributed by atoms with Crippen molar-refractivity contribution in [1.29, 1.82) is 0 Å². The van der Waals surface area contributed by atoms with Crippen LogP contribution in [0.1, 0.15) is 13.3 Å². The summed E-state index contributed by atoms with van der Waals surface area (Å²) < 4.78 is 41.3. The van der Waals surface area contributed by atoms with Crippen LogP contribution in [0.2, 0.25) is 0 Å². The zero-order valence-corrected chi connectivity index (χ0v) is 10.1. The largest absolute Gasteiger partial charge is 0.463 e. The molecule has 0 amide bonds. The fourth-order valence-electron chi connectivity index (χ4n) is 1.01. The number of nitrogens with two attached hydrogens (primary N) is 1. The average molecular weight is 281 g/mol. The van der Waals surface area contributed by atoms with Crippen molar-refractivity contribution in [1.82, 2.24) is 15.0 Å². The predicted octanol–water partition coefficient (Wildman–Crippen LogP) is 0.578. The lowest BCUT2D eigenvalue weighted by molar-refractivity contribution is -0.198. The van der Waals surface area contributed by atoms with E-state index >= 15 is 0 Å². The Hall–Kier alpha value is -1.84. The van der Waals surface area contributed by atoms with Crippen molar-refractivity contribution in [3.05, 3.63) is 0 Å². The zero-order valence-electron chi connectivity index (χ0n) is 10.1. The number of rotatable bonds is 6. The van der Waals surface area contributed by atoms with Crippen LogP contribution in [0, 0.1) is 0 Å². The monoisotopic (exact) mass is 281 g/mol. The SMILES string of the molecule is CCCOc1nc(N)nc(NCC(O)C(F)(F)F)n1. The summed E-state index contributed by atoms with van der Waals surface area (Å²) in [6.07, 6.45) is -6.53. The maximum Gasteiger partial charge on any atom is 0.416 e. The Morgan fingerprint density at radius 1 is 1.37 bits per heavy atom. The van der Waals surface area contributed by atoms with E-state index in [1.54, 1.807) is 0 Å². The van der Waals surface area contributed by atoms with Gasteiger partial charge in [-0.25, -0.2) is 0 Å². The van der Waals surface area contributed by atoms with Crippen molar-refractivity contribution in [2.45, 2.75) is 25.6 Å². The van der Waals surface area contributed by atoms with Crippen molar-refractivity contribution in [3.63, 3.8) is 0 Å².